The van der Waals surface area contributed by atoms with Crippen molar-refractivity contribution in [2.45, 2.75) is 13.0 Å². The predicted molar refractivity (Wildman–Crippen MR) is 83.5 cm³/mol. The molecule has 6 heteroatoms. The summed E-state index contributed by atoms with van der Waals surface area (Å²) >= 11 is 1.67. The molecular formula is C15H16N4OS. The van der Waals surface area contributed by atoms with Gasteiger partial charge < -0.3 is 15.0 Å². The Morgan fingerprint density at radius 1 is 1.29 bits per heavy atom. The summed E-state index contributed by atoms with van der Waals surface area (Å²) in [7, 11) is 0. The second kappa shape index (κ2) is 6.41. The molecule has 5 nitrogen and oxygen atoms in total. The summed E-state index contributed by atoms with van der Waals surface area (Å²) in [5.41, 5.74) is 2.97. The Morgan fingerprint density at radius 3 is 3.05 bits per heavy atom. The molecule has 0 fully saturated rings. The third kappa shape index (κ3) is 3.61. The molecule has 0 aromatic carbocycles. The van der Waals surface area contributed by atoms with Crippen molar-refractivity contribution < 1.29 is 4.79 Å². The molecule has 108 valence electrons. The molecule has 3 heterocycles. The maximum Gasteiger partial charge on any atom is 0.315 e. The van der Waals surface area contributed by atoms with E-state index in [0.717, 1.165) is 17.8 Å². The molecule has 0 radical (unpaired) electrons. The molecular weight excluding hydrogens is 284 g/mol. The lowest BCUT2D eigenvalue weighted by Gasteiger charge is -2.05. The summed E-state index contributed by atoms with van der Waals surface area (Å²) in [5.74, 6) is 0. The van der Waals surface area contributed by atoms with E-state index in [-0.39, 0.29) is 6.03 Å². The molecule has 3 rings (SSSR count). The van der Waals surface area contributed by atoms with Gasteiger partial charge in [-0.2, -0.15) is 11.3 Å². The number of nitrogens with one attached hydrogen (secondary N) is 2. The number of rotatable bonds is 5. The Balaban J connectivity index is 1.44. The van der Waals surface area contributed by atoms with E-state index in [2.05, 4.69) is 27.1 Å². The van der Waals surface area contributed by atoms with E-state index in [0.29, 0.717) is 13.1 Å². The van der Waals surface area contributed by atoms with Gasteiger partial charge in [0.05, 0.1) is 12.2 Å². The Kier molecular flexibility index (Phi) is 4.16. The normalized spacial score (nSPS) is 10.7. The minimum Gasteiger partial charge on any atom is -0.338 e. The molecule has 0 atom stereocenters. The third-order valence-electron chi connectivity index (χ3n) is 3.12. The lowest BCUT2D eigenvalue weighted by atomic mass is 10.2. The van der Waals surface area contributed by atoms with Gasteiger partial charge in [0, 0.05) is 18.9 Å². The molecule has 3 aromatic rings. The molecule has 0 aliphatic carbocycles. The van der Waals surface area contributed by atoms with Crippen molar-refractivity contribution in [2.24, 2.45) is 0 Å². The number of aromatic nitrogens is 2. The van der Waals surface area contributed by atoms with Crippen molar-refractivity contribution >= 4 is 23.0 Å². The first-order valence-electron chi connectivity index (χ1n) is 6.76. The van der Waals surface area contributed by atoms with Crippen LogP contribution in [0.1, 0.15) is 11.3 Å². The zero-order valence-corrected chi connectivity index (χ0v) is 12.3. The minimum absolute atomic E-state index is 0.165. The third-order valence-corrected chi connectivity index (χ3v) is 3.86. The highest BCUT2D eigenvalue weighted by atomic mass is 32.1. The average molecular weight is 300 g/mol. The van der Waals surface area contributed by atoms with Crippen molar-refractivity contribution in [3.63, 3.8) is 0 Å². The Morgan fingerprint density at radius 2 is 2.24 bits per heavy atom. The summed E-state index contributed by atoms with van der Waals surface area (Å²) in [5, 5.41) is 9.80. The van der Waals surface area contributed by atoms with Gasteiger partial charge >= 0.3 is 6.03 Å². The zero-order chi connectivity index (χ0) is 14.5. The van der Waals surface area contributed by atoms with Gasteiger partial charge in [-0.1, -0.05) is 6.07 Å². The lowest BCUT2D eigenvalue weighted by Crippen LogP contribution is -2.36. The first kappa shape index (κ1) is 13.6. The summed E-state index contributed by atoms with van der Waals surface area (Å²) in [6, 6.07) is 7.73. The van der Waals surface area contributed by atoms with Crippen LogP contribution in [0, 0.1) is 0 Å². The molecule has 0 unspecified atom stereocenters. The van der Waals surface area contributed by atoms with Gasteiger partial charge in [-0.25, -0.2) is 9.78 Å². The van der Waals surface area contributed by atoms with Gasteiger partial charge in [-0.05, 0) is 40.9 Å². The van der Waals surface area contributed by atoms with Gasteiger partial charge in [-0.15, -0.1) is 0 Å². The second-order valence-corrected chi connectivity index (χ2v) is 5.47. The Bertz CT molecular complexity index is 687. The van der Waals surface area contributed by atoms with E-state index in [4.69, 9.17) is 0 Å². The number of carbonyl (C=O) groups is 1. The first-order valence-corrected chi connectivity index (χ1v) is 7.71. The van der Waals surface area contributed by atoms with Crippen LogP contribution in [-0.4, -0.2) is 22.0 Å². The largest absolute Gasteiger partial charge is 0.338 e. The number of fused-ring (bicyclic) bond motifs is 1. The van der Waals surface area contributed by atoms with Crippen molar-refractivity contribution in [3.05, 3.63) is 58.7 Å². The average Bonchev–Trinajstić information content (AvgIpc) is 3.13. The predicted octanol–water partition coefficient (Wildman–Crippen LogP) is 2.44. The molecule has 0 bridgehead atoms. The standard InChI is InChI=1S/C15H16N4OS/c20-15(16-6-4-12-5-8-21-11-12)17-9-13-10-19-7-2-1-3-14(19)18-13/h1-3,5,7-8,10-11H,4,6,9H2,(H2,16,17,20). The number of pyridine rings is 1. The van der Waals surface area contributed by atoms with E-state index in [1.54, 1.807) is 11.3 Å². The number of imidazole rings is 1. The van der Waals surface area contributed by atoms with E-state index < -0.39 is 0 Å². The first-order chi connectivity index (χ1) is 10.3. The van der Waals surface area contributed by atoms with Gasteiger partial charge in [-0.3, -0.25) is 0 Å². The van der Waals surface area contributed by atoms with Crippen molar-refractivity contribution in [3.8, 4) is 0 Å². The fraction of sp³-hybridized carbons (Fsp3) is 0.200. The summed E-state index contributed by atoms with van der Waals surface area (Å²) in [6.07, 6.45) is 4.71. The monoisotopic (exact) mass is 300 g/mol. The highest BCUT2D eigenvalue weighted by Crippen LogP contribution is 2.06. The highest BCUT2D eigenvalue weighted by Gasteiger charge is 2.04. The van der Waals surface area contributed by atoms with Crippen LogP contribution in [0.5, 0.6) is 0 Å². The van der Waals surface area contributed by atoms with Crippen molar-refractivity contribution in [1.29, 1.82) is 0 Å². The lowest BCUT2D eigenvalue weighted by molar-refractivity contribution is 0.240. The molecule has 0 spiro atoms. The molecule has 0 aliphatic rings. The minimum atomic E-state index is -0.165. The van der Waals surface area contributed by atoms with E-state index in [9.17, 15) is 4.79 Å². The van der Waals surface area contributed by atoms with Gasteiger partial charge in [0.25, 0.3) is 0 Å². The topological polar surface area (TPSA) is 58.4 Å². The number of nitrogens with zero attached hydrogens (tertiary/aromatic N) is 2. The quantitative estimate of drug-likeness (QED) is 0.760. The molecule has 0 saturated heterocycles. The van der Waals surface area contributed by atoms with Crippen LogP contribution < -0.4 is 10.6 Å². The van der Waals surface area contributed by atoms with Gasteiger partial charge in [0.15, 0.2) is 0 Å². The fourth-order valence-corrected chi connectivity index (χ4v) is 2.76. The number of hydrogen-bond acceptors (Lipinski definition) is 3. The smallest absolute Gasteiger partial charge is 0.315 e. The van der Waals surface area contributed by atoms with Crippen LogP contribution in [0.15, 0.2) is 47.4 Å². The summed E-state index contributed by atoms with van der Waals surface area (Å²) in [4.78, 5) is 16.1. The molecule has 0 saturated carbocycles. The highest BCUT2D eigenvalue weighted by molar-refractivity contribution is 7.07. The SMILES string of the molecule is O=C(NCCc1ccsc1)NCc1cn2ccccc2n1. The molecule has 2 amide bonds. The molecule has 21 heavy (non-hydrogen) atoms. The number of carbonyl (C=O) groups excluding carboxylic acids is 1. The van der Waals surface area contributed by atoms with Crippen LogP contribution in [0.3, 0.4) is 0 Å². The number of hydrogen-bond donors (Lipinski definition) is 2. The fourth-order valence-electron chi connectivity index (χ4n) is 2.06. The van der Waals surface area contributed by atoms with E-state index in [1.807, 2.05) is 40.4 Å². The van der Waals surface area contributed by atoms with Crippen molar-refractivity contribution in [1.82, 2.24) is 20.0 Å². The molecule has 3 aromatic heterocycles. The van der Waals surface area contributed by atoms with Crippen LogP contribution in [-0.2, 0) is 13.0 Å². The maximum absolute atomic E-state index is 11.7. The summed E-state index contributed by atoms with van der Waals surface area (Å²) in [6.45, 7) is 1.06. The van der Waals surface area contributed by atoms with E-state index >= 15 is 0 Å². The Labute approximate surface area is 126 Å². The second-order valence-electron chi connectivity index (χ2n) is 4.69. The van der Waals surface area contributed by atoms with Crippen LogP contribution >= 0.6 is 11.3 Å². The molecule has 2 N–H and O–H groups in total. The number of amides is 2. The number of thiophene rings is 1. The Hall–Kier alpha value is -2.34. The van der Waals surface area contributed by atoms with Crippen molar-refractivity contribution in [2.75, 3.05) is 6.54 Å². The molecule has 0 aliphatic heterocycles. The van der Waals surface area contributed by atoms with Gasteiger partial charge in [0.2, 0.25) is 0 Å². The van der Waals surface area contributed by atoms with E-state index in [1.165, 1.54) is 5.56 Å². The van der Waals surface area contributed by atoms with Crippen LogP contribution in [0.4, 0.5) is 4.79 Å². The van der Waals surface area contributed by atoms with Gasteiger partial charge in [0.1, 0.15) is 5.65 Å². The van der Waals surface area contributed by atoms with Crippen LogP contribution in [0.25, 0.3) is 5.65 Å². The zero-order valence-electron chi connectivity index (χ0n) is 11.5. The number of urea groups is 1. The summed E-state index contributed by atoms with van der Waals surface area (Å²) < 4.78 is 1.94. The van der Waals surface area contributed by atoms with Crippen LogP contribution in [0.2, 0.25) is 0 Å². The maximum atomic E-state index is 11.7.